The molecule has 226 valence electrons. The van der Waals surface area contributed by atoms with Gasteiger partial charge < -0.3 is 14.2 Å². The lowest BCUT2D eigenvalue weighted by atomic mass is 9.40. The number of para-hydroxylation sites is 1. The third kappa shape index (κ3) is 3.13. The molecule has 3 saturated carbocycles. The van der Waals surface area contributed by atoms with Gasteiger partial charge in [-0.25, -0.2) is 0 Å². The van der Waals surface area contributed by atoms with Crippen LogP contribution in [-0.4, -0.2) is 46.9 Å². The lowest BCUT2D eigenvalue weighted by Crippen LogP contribution is -2.66. The van der Waals surface area contributed by atoms with Crippen molar-refractivity contribution >= 4 is 23.5 Å². The number of amides is 1. The van der Waals surface area contributed by atoms with E-state index in [1.54, 1.807) is 0 Å². The average molecular weight is 577 g/mol. The normalized spacial score (nSPS) is 47.2. The highest BCUT2D eigenvalue weighted by molar-refractivity contribution is 6.07. The van der Waals surface area contributed by atoms with Crippen LogP contribution in [0.5, 0.6) is 0 Å². The predicted molar refractivity (Wildman–Crippen MR) is 154 cm³/mol. The third-order valence-corrected chi connectivity index (χ3v) is 13.3. The molecule has 1 aromatic rings. The van der Waals surface area contributed by atoms with E-state index >= 15 is 0 Å². The number of hydrogen-bond donors (Lipinski definition) is 1. The van der Waals surface area contributed by atoms with Gasteiger partial charge in [-0.3, -0.25) is 24.6 Å². The van der Waals surface area contributed by atoms with E-state index in [-0.39, 0.29) is 58.7 Å². The molecule has 6 fully saturated rings. The lowest BCUT2D eigenvalue weighted by molar-refractivity contribution is -0.248. The Kier molecular flexibility index (Phi) is 5.15. The summed E-state index contributed by atoms with van der Waals surface area (Å²) in [5, 5.41) is 3.78. The first-order valence-electron chi connectivity index (χ1n) is 16.0. The molecule has 8 nitrogen and oxygen atoms in total. The number of anilines is 1. The van der Waals surface area contributed by atoms with Gasteiger partial charge in [0.25, 0.3) is 0 Å². The third-order valence-electron chi connectivity index (χ3n) is 13.3. The van der Waals surface area contributed by atoms with Crippen LogP contribution in [0.1, 0.15) is 98.5 Å². The van der Waals surface area contributed by atoms with Gasteiger partial charge >= 0.3 is 11.9 Å². The highest BCUT2D eigenvalue weighted by atomic mass is 16.6. The number of cyclic esters (lactones) is 1. The van der Waals surface area contributed by atoms with Crippen LogP contribution in [0.4, 0.5) is 5.69 Å². The highest BCUT2D eigenvalue weighted by Gasteiger charge is 2.77. The Balaban J connectivity index is 1.27. The smallest absolute Gasteiger partial charge is 0.306 e. The average Bonchev–Trinajstić information content (AvgIpc) is 3.48. The van der Waals surface area contributed by atoms with Crippen LogP contribution in [0.15, 0.2) is 24.3 Å². The van der Waals surface area contributed by atoms with Gasteiger partial charge in [0.05, 0.1) is 11.3 Å². The summed E-state index contributed by atoms with van der Waals surface area (Å²) in [6.07, 6.45) is 5.48. The first kappa shape index (κ1) is 27.1. The molecule has 2 spiro atoms. The minimum Gasteiger partial charge on any atom is -0.462 e. The fourth-order valence-electron chi connectivity index (χ4n) is 11.5. The summed E-state index contributed by atoms with van der Waals surface area (Å²) in [5.74, 6) is 0.100. The summed E-state index contributed by atoms with van der Waals surface area (Å²) >= 11 is 0. The molecular weight excluding hydrogens is 532 g/mol. The summed E-state index contributed by atoms with van der Waals surface area (Å²) in [6.45, 7) is 12.5. The Hall–Kier alpha value is -2.45. The summed E-state index contributed by atoms with van der Waals surface area (Å²) in [6, 6.07) is 8.27. The van der Waals surface area contributed by atoms with Crippen molar-refractivity contribution < 1.29 is 28.6 Å². The molecule has 42 heavy (non-hydrogen) atoms. The molecule has 0 unspecified atom stereocenters. The first-order chi connectivity index (χ1) is 19.7. The van der Waals surface area contributed by atoms with E-state index in [0.29, 0.717) is 12.8 Å². The van der Waals surface area contributed by atoms with Crippen LogP contribution in [-0.2, 0) is 34.2 Å². The van der Waals surface area contributed by atoms with E-state index in [1.165, 1.54) is 6.92 Å². The molecule has 8 heteroatoms. The zero-order valence-corrected chi connectivity index (χ0v) is 25.7. The number of benzene rings is 1. The molecule has 8 rings (SSSR count). The number of carbonyl (C=O) groups is 3. The van der Waals surface area contributed by atoms with Crippen molar-refractivity contribution in [2.45, 2.75) is 128 Å². The van der Waals surface area contributed by atoms with Crippen LogP contribution >= 0.6 is 0 Å². The highest BCUT2D eigenvalue weighted by Crippen LogP contribution is 2.73. The van der Waals surface area contributed by atoms with Gasteiger partial charge in [0.2, 0.25) is 5.91 Å². The van der Waals surface area contributed by atoms with Crippen LogP contribution in [0.25, 0.3) is 0 Å². The number of nitrogens with zero attached hydrogens (tertiary/aromatic N) is 1. The topological polar surface area (TPSA) is 94.2 Å². The second kappa shape index (κ2) is 7.98. The maximum Gasteiger partial charge on any atom is 0.306 e. The fraction of sp³-hybridized carbons (Fsp3) is 0.735. The number of hydrogen-bond acceptors (Lipinski definition) is 7. The van der Waals surface area contributed by atoms with Crippen LogP contribution in [0.3, 0.4) is 0 Å². The largest absolute Gasteiger partial charge is 0.462 e. The number of esters is 2. The predicted octanol–water partition coefficient (Wildman–Crippen LogP) is 4.98. The number of rotatable bonds is 1. The minimum absolute atomic E-state index is 0.0612. The standard InChI is InChI=1S/C34H44N2O6/c1-19(37)40-25-17-23-29(2,3)41-26(38)12-13-30(23,4)22-11-14-31(5)24(32(22,25)6)18-34(42-31)20-9-7-8-10-21(20)36-27(34)35-33(15-16-33)28(36)39/h7-10,22-25,27,35H,11-18H2,1-6H3/t22-,23+,24-,25+,27+,30-,31+,32-,34+/m1/s1. The molecule has 1 aromatic carbocycles. The maximum absolute atomic E-state index is 13.8. The molecule has 0 aromatic heterocycles. The van der Waals surface area contributed by atoms with Crippen LogP contribution in [0.2, 0.25) is 0 Å². The van der Waals surface area contributed by atoms with Gasteiger partial charge in [-0.1, -0.05) is 32.0 Å². The van der Waals surface area contributed by atoms with Crippen LogP contribution < -0.4 is 10.2 Å². The maximum atomic E-state index is 13.8. The first-order valence-corrected chi connectivity index (χ1v) is 16.0. The van der Waals surface area contributed by atoms with Crippen molar-refractivity contribution in [3.63, 3.8) is 0 Å². The molecule has 7 aliphatic rings. The lowest BCUT2D eigenvalue weighted by Gasteiger charge is -2.66. The Morgan fingerprint density at radius 1 is 1.00 bits per heavy atom. The molecule has 9 atom stereocenters. The molecular formula is C34H44N2O6. The molecule has 1 N–H and O–H groups in total. The van der Waals surface area contributed by atoms with Gasteiger partial charge in [0.1, 0.15) is 29.0 Å². The summed E-state index contributed by atoms with van der Waals surface area (Å²) < 4.78 is 19.8. The van der Waals surface area contributed by atoms with Gasteiger partial charge in [0, 0.05) is 36.2 Å². The zero-order chi connectivity index (χ0) is 29.7. The SMILES string of the molecule is CC(=O)O[C@H]1C[C@H]2C(C)(C)OC(=O)CC[C@]2(C)[C@H]2CC[C@]3(C)O[C@@]4(C[C@H]3[C@]12C)c1ccccc1N1C(=O)C2(CC2)N[C@@H]14. The second-order valence-corrected chi connectivity index (χ2v) is 15.8. The van der Waals surface area contributed by atoms with Gasteiger partial charge in [-0.05, 0) is 83.1 Å². The van der Waals surface area contributed by atoms with E-state index < -0.39 is 22.3 Å². The summed E-state index contributed by atoms with van der Waals surface area (Å²) in [7, 11) is 0. The number of carbonyl (C=O) groups excluding carboxylic acids is 3. The Morgan fingerprint density at radius 3 is 2.45 bits per heavy atom. The zero-order valence-electron chi connectivity index (χ0n) is 25.7. The summed E-state index contributed by atoms with van der Waals surface area (Å²) in [4.78, 5) is 41.3. The van der Waals surface area contributed by atoms with Crippen molar-refractivity contribution in [2.75, 3.05) is 4.90 Å². The molecule has 4 heterocycles. The molecule has 1 amide bonds. The molecule has 3 saturated heterocycles. The monoisotopic (exact) mass is 576 g/mol. The molecule has 0 bridgehead atoms. The number of ether oxygens (including phenoxy) is 3. The van der Waals surface area contributed by atoms with Crippen LogP contribution in [0, 0.1) is 28.6 Å². The quantitative estimate of drug-likeness (QED) is 0.472. The van der Waals surface area contributed by atoms with E-state index in [1.807, 2.05) is 24.8 Å². The van der Waals surface area contributed by atoms with E-state index in [0.717, 1.165) is 49.8 Å². The van der Waals surface area contributed by atoms with Gasteiger partial charge in [0.15, 0.2) is 0 Å². The number of fused-ring (bicyclic) bond motifs is 10. The van der Waals surface area contributed by atoms with E-state index in [9.17, 15) is 14.4 Å². The Bertz CT molecular complexity index is 1420. The van der Waals surface area contributed by atoms with Crippen molar-refractivity contribution in [1.29, 1.82) is 0 Å². The van der Waals surface area contributed by atoms with Crippen molar-refractivity contribution in [1.82, 2.24) is 5.32 Å². The second-order valence-electron chi connectivity index (χ2n) is 15.8. The number of nitrogens with one attached hydrogen (secondary N) is 1. The molecule has 3 aliphatic carbocycles. The van der Waals surface area contributed by atoms with Crippen molar-refractivity contribution in [2.24, 2.45) is 28.6 Å². The summed E-state index contributed by atoms with van der Waals surface area (Å²) in [5.41, 5.74) is -0.783. The molecule has 4 aliphatic heterocycles. The molecule has 0 radical (unpaired) electrons. The van der Waals surface area contributed by atoms with Crippen molar-refractivity contribution in [3.8, 4) is 0 Å². The van der Waals surface area contributed by atoms with Crippen molar-refractivity contribution in [3.05, 3.63) is 29.8 Å². The van der Waals surface area contributed by atoms with E-state index in [4.69, 9.17) is 14.2 Å². The van der Waals surface area contributed by atoms with Gasteiger partial charge in [-0.2, -0.15) is 0 Å². The Morgan fingerprint density at radius 2 is 1.74 bits per heavy atom. The minimum atomic E-state index is -0.685. The van der Waals surface area contributed by atoms with E-state index in [2.05, 4.69) is 44.3 Å². The fourth-order valence-corrected chi connectivity index (χ4v) is 11.5. The Labute approximate surface area is 248 Å². The van der Waals surface area contributed by atoms with Gasteiger partial charge in [-0.15, -0.1) is 0 Å².